The molecule has 18 heteroatoms. The van der Waals surface area contributed by atoms with Gasteiger partial charge in [-0.15, -0.1) is 0 Å². The number of aliphatic hydroxyl groups excluding tert-OH is 1. The Morgan fingerprint density at radius 3 is 2.66 bits per heavy atom. The lowest BCUT2D eigenvalue weighted by Crippen LogP contribution is -3.00. The number of nitrogens with zero attached hydrogens (tertiary/aromatic N) is 8. The Morgan fingerprint density at radius 1 is 1.34 bits per heavy atom. The quantitative estimate of drug-likeness (QED) is 0.0220. The van der Waals surface area contributed by atoms with Gasteiger partial charge in [0.1, 0.15) is 18.5 Å². The molecular formula is C29H33IN8O7S2. The van der Waals surface area contributed by atoms with Crippen molar-refractivity contribution in [1.29, 1.82) is 0 Å². The minimum atomic E-state index is -0.899. The monoisotopic (exact) mass is 796 g/mol. The maximum absolute atomic E-state index is 13.6. The van der Waals surface area contributed by atoms with Crippen LogP contribution in [0.4, 0.5) is 5.69 Å². The van der Waals surface area contributed by atoms with Crippen molar-refractivity contribution in [3.63, 3.8) is 0 Å². The molecule has 1 fully saturated rings. The summed E-state index contributed by atoms with van der Waals surface area (Å²) in [6.45, 7) is 4.22. The topological polar surface area (TPSA) is 187 Å². The Labute approximate surface area is 295 Å². The molecule has 0 bridgehead atoms. The summed E-state index contributed by atoms with van der Waals surface area (Å²) in [5, 5.41) is 25.7. The zero-order valence-electron chi connectivity index (χ0n) is 26.0. The molecule has 47 heavy (non-hydrogen) atoms. The summed E-state index contributed by atoms with van der Waals surface area (Å²) in [5.74, 6) is -2.09. The van der Waals surface area contributed by atoms with Gasteiger partial charge in [0.15, 0.2) is 6.54 Å². The van der Waals surface area contributed by atoms with E-state index in [-0.39, 0.29) is 66.2 Å². The van der Waals surface area contributed by atoms with Crippen molar-refractivity contribution in [2.24, 2.45) is 17.0 Å². The molecule has 2 amide bonds. The van der Waals surface area contributed by atoms with Gasteiger partial charge in [-0.05, 0) is 42.8 Å². The number of aromatic nitrogens is 2. The van der Waals surface area contributed by atoms with Gasteiger partial charge in [-0.1, -0.05) is 35.1 Å². The summed E-state index contributed by atoms with van der Waals surface area (Å²) in [6.07, 6.45) is 5.26. The fraction of sp³-hybridized carbons (Fsp3) is 0.448. The minimum absolute atomic E-state index is 0. The van der Waals surface area contributed by atoms with Crippen LogP contribution in [0.1, 0.15) is 30.7 Å². The second-order valence-electron chi connectivity index (χ2n) is 11.2. The van der Waals surface area contributed by atoms with Gasteiger partial charge in [0.05, 0.1) is 27.9 Å². The SMILES string of the molecule is CSc1c2sc(C3=C(C(=O)OCc4ccc([N+](=O)[O-])cc4)N4C(=O)[C@H]([C@@H](C)O)[C@H]4[C@H]3C)cn2c[n+]1CC(=O)N(C)CCCN=[N+]=[N-].[I-]. The number of hydrogen-bond acceptors (Lipinski definition) is 10. The van der Waals surface area contributed by atoms with Crippen LogP contribution in [-0.2, 0) is 32.3 Å². The summed E-state index contributed by atoms with van der Waals surface area (Å²) in [4.78, 5) is 57.6. The molecule has 2 aromatic heterocycles. The standard InChI is InChI=1S/C29H33N8O7S2.HI/c1-16-22(20-12-34-15-35(27(45-4)28(34)46-20)13-21(39)33(3)11-5-10-31-32-30)25(36-24(16)23(17(2)38)26(36)40)29(41)44-14-18-6-8-19(9-7-18)37(42)43;/h6-9,12,15-17,23-24,38H,5,10-11,13-14H2,1-4H3;1H/q+1;/p-1/t16-,17+,23+,24+;/m0./s1. The van der Waals surface area contributed by atoms with E-state index in [1.165, 1.54) is 52.3 Å². The van der Waals surface area contributed by atoms with Gasteiger partial charge < -0.3 is 43.6 Å². The summed E-state index contributed by atoms with van der Waals surface area (Å²) in [7, 11) is 1.70. The van der Waals surface area contributed by atoms with Crippen LogP contribution < -0.4 is 28.5 Å². The third kappa shape index (κ3) is 6.96. The second kappa shape index (κ2) is 15.0. The van der Waals surface area contributed by atoms with Gasteiger partial charge in [0.25, 0.3) is 17.9 Å². The van der Waals surface area contributed by atoms with Gasteiger partial charge in [-0.25, -0.2) is 9.36 Å². The normalized spacial score (nSPS) is 19.0. The van der Waals surface area contributed by atoms with Gasteiger partial charge >= 0.3 is 5.97 Å². The van der Waals surface area contributed by atoms with Crippen LogP contribution in [-0.4, -0.2) is 80.6 Å². The molecule has 250 valence electrons. The number of esters is 1. The number of rotatable bonds is 13. The molecule has 2 aliphatic rings. The predicted molar refractivity (Wildman–Crippen MR) is 168 cm³/mol. The lowest BCUT2D eigenvalue weighted by Gasteiger charge is -2.46. The van der Waals surface area contributed by atoms with Gasteiger partial charge in [-0.2, -0.15) is 4.40 Å². The van der Waals surface area contributed by atoms with E-state index in [0.29, 0.717) is 30.6 Å². The second-order valence-corrected chi connectivity index (χ2v) is 13.0. The molecule has 5 rings (SSSR count). The number of carbonyl (C=O) groups is 3. The molecule has 0 radical (unpaired) electrons. The maximum atomic E-state index is 13.6. The number of thioether (sulfide) groups is 1. The molecule has 15 nitrogen and oxygen atoms in total. The molecule has 4 heterocycles. The highest BCUT2D eigenvalue weighted by Gasteiger charge is 2.60. The molecule has 1 N–H and O–H groups in total. The summed E-state index contributed by atoms with van der Waals surface area (Å²) in [5.41, 5.74) is 9.68. The highest BCUT2D eigenvalue weighted by molar-refractivity contribution is 7.98. The zero-order valence-corrected chi connectivity index (χ0v) is 29.8. The lowest BCUT2D eigenvalue weighted by atomic mass is 9.77. The van der Waals surface area contributed by atoms with E-state index < -0.39 is 29.0 Å². The highest BCUT2D eigenvalue weighted by atomic mass is 127. The molecule has 0 spiro atoms. The number of fused-ring (bicyclic) bond motifs is 2. The third-order valence-electron chi connectivity index (χ3n) is 8.29. The van der Waals surface area contributed by atoms with Crippen molar-refractivity contribution in [2.45, 2.75) is 50.6 Å². The van der Waals surface area contributed by atoms with Crippen LogP contribution in [0.5, 0.6) is 0 Å². The fourth-order valence-corrected chi connectivity index (χ4v) is 8.18. The number of amides is 2. The Kier molecular flexibility index (Phi) is 11.5. The number of benzene rings is 1. The van der Waals surface area contributed by atoms with E-state index in [2.05, 4.69) is 10.0 Å². The minimum Gasteiger partial charge on any atom is -1.00 e. The lowest BCUT2D eigenvalue weighted by molar-refractivity contribution is -0.718. The number of azide groups is 1. The number of hydrogen-bond donors (Lipinski definition) is 1. The summed E-state index contributed by atoms with van der Waals surface area (Å²) < 4.78 is 9.39. The molecule has 1 saturated heterocycles. The smallest absolute Gasteiger partial charge is 0.355 e. The molecule has 0 unspecified atom stereocenters. The van der Waals surface area contributed by atoms with Crippen molar-refractivity contribution in [3.8, 4) is 0 Å². The van der Waals surface area contributed by atoms with Crippen molar-refractivity contribution in [1.82, 2.24) is 14.2 Å². The van der Waals surface area contributed by atoms with E-state index in [1.807, 2.05) is 34.7 Å². The van der Waals surface area contributed by atoms with Gasteiger partial charge in [0, 0.05) is 48.7 Å². The number of likely N-dealkylation sites (N-methyl/N-ethyl adjacent to an activating group) is 1. The Bertz CT molecular complexity index is 1780. The van der Waals surface area contributed by atoms with Crippen LogP contribution in [0.15, 0.2) is 52.6 Å². The summed E-state index contributed by atoms with van der Waals surface area (Å²) >= 11 is 2.91. The largest absolute Gasteiger partial charge is 1.00 e. The number of carbonyl (C=O) groups excluding carboxylic acids is 3. The average Bonchev–Trinajstić information content (AvgIpc) is 3.64. The molecule has 0 saturated carbocycles. The number of nitro benzene ring substituents is 1. The number of halogens is 1. The third-order valence-corrected chi connectivity index (χ3v) is 10.4. The van der Waals surface area contributed by atoms with Gasteiger partial charge in [-0.3, -0.25) is 19.7 Å². The Balaban J connectivity index is 0.00000500. The first-order valence-electron chi connectivity index (χ1n) is 14.5. The van der Waals surface area contributed by atoms with E-state index in [0.717, 1.165) is 14.7 Å². The highest BCUT2D eigenvalue weighted by Crippen LogP contribution is 2.52. The van der Waals surface area contributed by atoms with E-state index in [1.54, 1.807) is 18.9 Å². The predicted octanol–water partition coefficient (Wildman–Crippen LogP) is 0.393. The van der Waals surface area contributed by atoms with Crippen LogP contribution in [0, 0.1) is 22.0 Å². The Morgan fingerprint density at radius 2 is 2.04 bits per heavy atom. The van der Waals surface area contributed by atoms with E-state index in [9.17, 15) is 29.6 Å². The van der Waals surface area contributed by atoms with E-state index >= 15 is 0 Å². The van der Waals surface area contributed by atoms with Gasteiger partial charge in [0.2, 0.25) is 15.8 Å². The van der Waals surface area contributed by atoms with Crippen LogP contribution in [0.25, 0.3) is 20.8 Å². The Hall–Kier alpha value is -3.71. The number of non-ortho nitro benzene ring substituents is 1. The average molecular weight is 797 g/mol. The number of imidazole rings is 1. The van der Waals surface area contributed by atoms with Crippen molar-refractivity contribution >= 4 is 57.0 Å². The van der Waals surface area contributed by atoms with E-state index in [4.69, 9.17) is 10.3 Å². The zero-order chi connectivity index (χ0) is 33.3. The number of aliphatic hydroxyl groups is 1. The van der Waals surface area contributed by atoms with Crippen LogP contribution in [0.3, 0.4) is 0 Å². The number of ether oxygens (including phenoxy) is 1. The first kappa shape index (κ1) is 36.1. The number of β-lactam (4-membered cyclic amide) rings is 1. The first-order chi connectivity index (χ1) is 22.0. The van der Waals surface area contributed by atoms with Crippen LogP contribution >= 0.6 is 23.1 Å². The molecule has 1 aromatic carbocycles. The molecular weight excluding hydrogens is 763 g/mol. The molecule has 3 aromatic rings. The van der Waals surface area contributed by atoms with Crippen molar-refractivity contribution in [2.75, 3.05) is 26.4 Å². The first-order valence-corrected chi connectivity index (χ1v) is 16.5. The fourth-order valence-electron chi connectivity index (χ4n) is 6.00. The maximum Gasteiger partial charge on any atom is 0.355 e. The molecule has 4 atom stereocenters. The summed E-state index contributed by atoms with van der Waals surface area (Å²) in [6, 6.07) is 5.26. The number of thiazole rings is 1. The molecule has 0 aliphatic carbocycles. The van der Waals surface area contributed by atoms with Crippen LogP contribution in [0.2, 0.25) is 0 Å². The number of nitro groups is 1. The van der Waals surface area contributed by atoms with Crippen molar-refractivity contribution < 1.29 is 57.7 Å². The molecule has 2 aliphatic heterocycles. The van der Waals surface area contributed by atoms with Crippen molar-refractivity contribution in [3.05, 3.63) is 73.5 Å².